The van der Waals surface area contributed by atoms with E-state index in [1.54, 1.807) is 11.3 Å². The Hall–Kier alpha value is -4.15. The van der Waals surface area contributed by atoms with Gasteiger partial charge in [0.05, 0.1) is 5.75 Å². The number of benzene rings is 4. The normalized spacial score (nSPS) is 11.3. The molecule has 0 bridgehead atoms. The van der Waals surface area contributed by atoms with Gasteiger partial charge in [-0.2, -0.15) is 0 Å². The van der Waals surface area contributed by atoms with Crippen LogP contribution in [-0.2, 0) is 0 Å². The third kappa shape index (κ3) is 4.66. The minimum atomic E-state index is -2.86. The summed E-state index contributed by atoms with van der Waals surface area (Å²) >= 11 is -1.08. The van der Waals surface area contributed by atoms with Gasteiger partial charge in [0.25, 0.3) is 0 Å². The second-order valence-electron chi connectivity index (χ2n) is 9.46. The van der Waals surface area contributed by atoms with Gasteiger partial charge in [0, 0.05) is 42.3 Å². The summed E-state index contributed by atoms with van der Waals surface area (Å²) in [5.74, 6) is 1.98. The Morgan fingerprint density at radius 1 is 0.564 bits per heavy atom. The smallest absolute Gasteiger partial charge is 0.577 e. The third-order valence-corrected chi connectivity index (χ3v) is 9.18. The van der Waals surface area contributed by atoms with Crippen molar-refractivity contribution < 1.29 is 11.4 Å². The molecule has 0 unspecified atom stereocenters. The van der Waals surface area contributed by atoms with Crippen molar-refractivity contribution in [3.63, 3.8) is 0 Å². The Morgan fingerprint density at radius 2 is 1.18 bits per heavy atom. The molecule has 0 fully saturated rings. The fourth-order valence-electron chi connectivity index (χ4n) is 4.79. The molecule has 3 aromatic heterocycles. The van der Waals surface area contributed by atoms with E-state index >= 15 is 0 Å². The molecule has 0 aliphatic rings. The van der Waals surface area contributed by atoms with Crippen molar-refractivity contribution in [1.29, 1.82) is 0 Å². The molecule has 0 amide bonds. The van der Waals surface area contributed by atoms with Gasteiger partial charge in [0.1, 0.15) is 22.5 Å². The van der Waals surface area contributed by atoms with Crippen LogP contribution in [0.3, 0.4) is 0 Å². The average Bonchev–Trinajstić information content (AvgIpc) is 3.32. The van der Waals surface area contributed by atoms with Crippen molar-refractivity contribution in [2.75, 3.05) is 0 Å². The summed E-state index contributed by atoms with van der Waals surface area (Å²) in [5, 5.41) is 4.37. The fourth-order valence-corrected chi connectivity index (χ4v) is 7.19. The van der Waals surface area contributed by atoms with Gasteiger partial charge >= 0.3 is 15.1 Å². The quantitative estimate of drug-likeness (QED) is 0.198. The second kappa shape index (κ2) is 9.87. The van der Waals surface area contributed by atoms with Crippen LogP contribution < -0.4 is 11.4 Å². The molecule has 7 heteroatoms. The maximum atomic E-state index is 6.56. The van der Waals surface area contributed by atoms with Crippen LogP contribution in [0.5, 0.6) is 17.2 Å². The maximum Gasteiger partial charge on any atom is 1.20 e. The van der Waals surface area contributed by atoms with E-state index in [1.165, 1.54) is 14.8 Å². The molecule has 5 nitrogen and oxygen atoms in total. The van der Waals surface area contributed by atoms with Gasteiger partial charge in [0.15, 0.2) is 0 Å². The van der Waals surface area contributed by atoms with Crippen LogP contribution in [-0.4, -0.2) is 25.1 Å². The Bertz CT molecular complexity index is 1920. The molecule has 0 aliphatic heterocycles. The Morgan fingerprint density at radius 3 is 1.85 bits per heavy atom. The monoisotopic (exact) mass is 542 g/mol. The number of pyridine rings is 2. The number of fused-ring (bicyclic) bond motifs is 5. The summed E-state index contributed by atoms with van der Waals surface area (Å²) in [5.41, 5.74) is 3.41. The van der Waals surface area contributed by atoms with Gasteiger partial charge < -0.3 is 11.4 Å². The summed E-state index contributed by atoms with van der Waals surface area (Å²) in [6, 6.07) is 34.5. The highest BCUT2D eigenvalue weighted by atomic mass is 32.1. The van der Waals surface area contributed by atoms with Crippen molar-refractivity contribution >= 4 is 68.5 Å². The van der Waals surface area contributed by atoms with E-state index in [0.29, 0.717) is 17.2 Å². The first-order chi connectivity index (χ1) is 19.1. The highest BCUT2D eigenvalue weighted by Gasteiger charge is 2.45. The molecule has 0 saturated heterocycles. The fraction of sp³-hybridized carbons (Fsp3) is 0.0625. The van der Waals surface area contributed by atoms with Gasteiger partial charge in [-0.1, -0.05) is 54.6 Å². The first-order valence-electron chi connectivity index (χ1n) is 12.7. The summed E-state index contributed by atoms with van der Waals surface area (Å²) in [6.07, 6.45) is 0. The maximum absolute atomic E-state index is 6.56. The third-order valence-electron chi connectivity index (χ3n) is 6.67. The molecule has 0 N–H and O–H groups in total. The number of aromatic nitrogens is 2. The number of para-hydroxylation sites is 2. The molecule has 0 spiro atoms. The van der Waals surface area contributed by atoms with E-state index < -0.39 is 15.1 Å². The van der Waals surface area contributed by atoms with Crippen LogP contribution in [0.2, 0.25) is 0 Å². The minimum absolute atomic E-state index is 0.638. The largest absolute Gasteiger partial charge is 1.20 e. The first-order valence-corrected chi connectivity index (χ1v) is 15.0. The Balaban J connectivity index is 1.31. The summed E-state index contributed by atoms with van der Waals surface area (Å²) in [6.45, 7) is 3.95. The highest BCUT2D eigenvalue weighted by molar-refractivity contribution is 7.25. The standard InChI is InChI=1S/C12H8OS.2C10H9NO.Al/c13-8-5-6-12-10(7-8)9-3-1-2-4-11(9)14-12;2*1-7-5-6-8-3-2-4-9(12)10(8)11-7;/h1-7,13H;2*2-6,12H,1H3;/q;;;+3/p-3. The van der Waals surface area contributed by atoms with E-state index in [2.05, 4.69) is 48.5 Å². The number of hydrogen-bond acceptors (Lipinski definition) is 6. The zero-order valence-corrected chi connectivity index (χ0v) is 23.4. The van der Waals surface area contributed by atoms with E-state index in [9.17, 15) is 0 Å². The Labute approximate surface area is 234 Å². The van der Waals surface area contributed by atoms with Crippen molar-refractivity contribution in [2.24, 2.45) is 0 Å². The predicted molar refractivity (Wildman–Crippen MR) is 160 cm³/mol. The van der Waals surface area contributed by atoms with Crippen molar-refractivity contribution in [3.05, 3.63) is 115 Å². The molecule has 3 heterocycles. The van der Waals surface area contributed by atoms with Crippen LogP contribution in [0.25, 0.3) is 42.0 Å². The lowest BCUT2D eigenvalue weighted by atomic mass is 10.1. The molecule has 0 radical (unpaired) electrons. The van der Waals surface area contributed by atoms with Crippen LogP contribution in [0.15, 0.2) is 103 Å². The topological polar surface area (TPSA) is 53.5 Å². The molecule has 7 rings (SSSR count). The second-order valence-corrected chi connectivity index (χ2v) is 11.8. The lowest BCUT2D eigenvalue weighted by Crippen LogP contribution is -2.37. The molecule has 39 heavy (non-hydrogen) atoms. The average molecular weight is 543 g/mol. The zero-order chi connectivity index (χ0) is 26.3. The molecule has 0 atom stereocenters. The van der Waals surface area contributed by atoms with E-state index in [4.69, 9.17) is 21.3 Å². The van der Waals surface area contributed by atoms with Crippen LogP contribution >= 0.6 is 11.3 Å². The molecule has 188 valence electrons. The molecular weight excluding hydrogens is 519 g/mol. The predicted octanol–water partition coefficient (Wildman–Crippen LogP) is 8.29. The molecule has 0 aliphatic carbocycles. The number of rotatable bonds is 6. The minimum Gasteiger partial charge on any atom is -0.577 e. The van der Waals surface area contributed by atoms with E-state index in [-0.39, 0.29) is 0 Å². The Kier molecular flexibility index (Phi) is 6.05. The SMILES string of the molecule is Cc1ccc2cccc([O][Al]([O]c3ccc4sc5ccccc5c4c3)[O]c3cccc4ccc(C)nc34)c2n1. The highest BCUT2D eigenvalue weighted by Crippen LogP contribution is 2.36. The van der Waals surface area contributed by atoms with Gasteiger partial charge in [-0.15, -0.1) is 11.3 Å². The zero-order valence-electron chi connectivity index (χ0n) is 21.4. The van der Waals surface area contributed by atoms with Crippen molar-refractivity contribution in [3.8, 4) is 17.2 Å². The number of thiophene rings is 1. The summed E-state index contributed by atoms with van der Waals surface area (Å²) < 4.78 is 22.1. The van der Waals surface area contributed by atoms with E-state index in [0.717, 1.165) is 38.6 Å². The van der Waals surface area contributed by atoms with Gasteiger partial charge in [-0.3, -0.25) is 0 Å². The first kappa shape index (κ1) is 23.9. The van der Waals surface area contributed by atoms with Crippen molar-refractivity contribution in [2.45, 2.75) is 13.8 Å². The molecule has 0 saturated carbocycles. The number of hydrogen-bond donors (Lipinski definition) is 0. The lowest BCUT2D eigenvalue weighted by molar-refractivity contribution is 0.310. The van der Waals surface area contributed by atoms with Crippen molar-refractivity contribution in [1.82, 2.24) is 9.97 Å². The number of nitrogens with zero attached hydrogens (tertiary/aromatic N) is 2. The summed E-state index contributed by atoms with van der Waals surface area (Å²) in [7, 11) is 0. The van der Waals surface area contributed by atoms with Crippen LogP contribution in [0.1, 0.15) is 11.4 Å². The van der Waals surface area contributed by atoms with Crippen LogP contribution in [0.4, 0.5) is 0 Å². The van der Waals surface area contributed by atoms with Gasteiger partial charge in [-0.25, -0.2) is 9.97 Å². The van der Waals surface area contributed by atoms with Gasteiger partial charge in [0.2, 0.25) is 0 Å². The lowest BCUT2D eigenvalue weighted by Gasteiger charge is -2.18. The molecular formula is C32H23AlN2O3S. The van der Waals surface area contributed by atoms with E-state index in [1.807, 2.05) is 68.4 Å². The number of aryl methyl sites for hydroxylation is 2. The van der Waals surface area contributed by atoms with Crippen LogP contribution in [0, 0.1) is 13.8 Å². The summed E-state index contributed by atoms with van der Waals surface area (Å²) in [4.78, 5) is 9.50. The molecule has 4 aromatic carbocycles. The van der Waals surface area contributed by atoms with Gasteiger partial charge in [-0.05, 0) is 62.4 Å². The molecule has 7 aromatic rings.